The number of amides is 1. The standard InChI is InChI=1S/C14H25NO4S/c1-6-10(2)9-20-8-7-11(12(16)17)15-13(18)19-14(3,4)5/h11H,2,6-9H2,1,3-5H3,(H,15,18)(H,16,17). The van der Waals surface area contributed by atoms with Crippen LogP contribution in [0.1, 0.15) is 40.5 Å². The normalized spacial score (nSPS) is 12.6. The molecule has 0 bridgehead atoms. The van der Waals surface area contributed by atoms with Crippen LogP contribution in [0.5, 0.6) is 0 Å². The van der Waals surface area contributed by atoms with Gasteiger partial charge in [-0.15, -0.1) is 0 Å². The fourth-order valence-corrected chi connectivity index (χ4v) is 2.27. The van der Waals surface area contributed by atoms with Crippen LogP contribution in [0.15, 0.2) is 12.2 Å². The van der Waals surface area contributed by atoms with Crippen molar-refractivity contribution in [2.75, 3.05) is 11.5 Å². The molecule has 5 nitrogen and oxygen atoms in total. The van der Waals surface area contributed by atoms with Crippen LogP contribution in [0.25, 0.3) is 0 Å². The average molecular weight is 303 g/mol. The monoisotopic (exact) mass is 303 g/mol. The van der Waals surface area contributed by atoms with Crippen LogP contribution in [-0.4, -0.2) is 40.3 Å². The molecule has 20 heavy (non-hydrogen) atoms. The first-order chi connectivity index (χ1) is 9.15. The van der Waals surface area contributed by atoms with Gasteiger partial charge in [-0.1, -0.05) is 19.1 Å². The van der Waals surface area contributed by atoms with E-state index in [0.717, 1.165) is 17.7 Å². The van der Waals surface area contributed by atoms with Crippen molar-refractivity contribution in [3.63, 3.8) is 0 Å². The van der Waals surface area contributed by atoms with Gasteiger partial charge in [-0.05, 0) is 39.4 Å². The van der Waals surface area contributed by atoms with Crippen LogP contribution in [0.3, 0.4) is 0 Å². The quantitative estimate of drug-likeness (QED) is 0.532. The zero-order chi connectivity index (χ0) is 15.8. The molecule has 116 valence electrons. The molecule has 0 saturated heterocycles. The molecular weight excluding hydrogens is 278 g/mol. The van der Waals surface area contributed by atoms with E-state index in [1.807, 2.05) is 6.92 Å². The van der Waals surface area contributed by atoms with E-state index in [4.69, 9.17) is 9.84 Å². The summed E-state index contributed by atoms with van der Waals surface area (Å²) in [4.78, 5) is 22.6. The van der Waals surface area contributed by atoms with E-state index in [1.165, 1.54) is 0 Å². The summed E-state index contributed by atoms with van der Waals surface area (Å²) in [5, 5.41) is 11.5. The Morgan fingerprint density at radius 3 is 2.45 bits per heavy atom. The lowest BCUT2D eigenvalue weighted by atomic mass is 10.2. The Labute approximate surface area is 125 Å². The van der Waals surface area contributed by atoms with Crippen LogP contribution in [0.4, 0.5) is 4.79 Å². The van der Waals surface area contributed by atoms with Crippen molar-refractivity contribution in [1.82, 2.24) is 5.32 Å². The molecule has 1 unspecified atom stereocenters. The second kappa shape index (κ2) is 8.89. The van der Waals surface area contributed by atoms with Crippen molar-refractivity contribution in [1.29, 1.82) is 0 Å². The summed E-state index contributed by atoms with van der Waals surface area (Å²) >= 11 is 1.62. The average Bonchev–Trinajstić information content (AvgIpc) is 2.29. The van der Waals surface area contributed by atoms with Crippen molar-refractivity contribution >= 4 is 23.8 Å². The van der Waals surface area contributed by atoms with Gasteiger partial charge in [-0.3, -0.25) is 0 Å². The number of hydrogen-bond donors (Lipinski definition) is 2. The summed E-state index contributed by atoms with van der Waals surface area (Å²) < 4.78 is 5.05. The van der Waals surface area contributed by atoms with Gasteiger partial charge in [-0.2, -0.15) is 11.8 Å². The summed E-state index contributed by atoms with van der Waals surface area (Å²) in [5.74, 6) is 0.409. The second-order valence-corrected chi connectivity index (χ2v) is 6.59. The maximum absolute atomic E-state index is 11.5. The van der Waals surface area contributed by atoms with Crippen molar-refractivity contribution in [3.8, 4) is 0 Å². The molecule has 0 aliphatic carbocycles. The highest BCUT2D eigenvalue weighted by Crippen LogP contribution is 2.12. The van der Waals surface area contributed by atoms with Gasteiger partial charge >= 0.3 is 12.1 Å². The Morgan fingerprint density at radius 2 is 2.00 bits per heavy atom. The van der Waals surface area contributed by atoms with Gasteiger partial charge < -0.3 is 15.2 Å². The van der Waals surface area contributed by atoms with Crippen LogP contribution in [-0.2, 0) is 9.53 Å². The number of ether oxygens (including phenoxy) is 1. The van der Waals surface area contributed by atoms with E-state index in [9.17, 15) is 9.59 Å². The topological polar surface area (TPSA) is 75.6 Å². The summed E-state index contributed by atoms with van der Waals surface area (Å²) in [6, 6.07) is -0.924. The van der Waals surface area contributed by atoms with Crippen molar-refractivity contribution in [3.05, 3.63) is 12.2 Å². The highest BCUT2D eigenvalue weighted by molar-refractivity contribution is 7.99. The molecule has 0 aliphatic heterocycles. The Morgan fingerprint density at radius 1 is 1.40 bits per heavy atom. The Hall–Kier alpha value is -1.17. The van der Waals surface area contributed by atoms with E-state index in [1.54, 1.807) is 32.5 Å². The number of hydrogen-bond acceptors (Lipinski definition) is 4. The minimum Gasteiger partial charge on any atom is -0.480 e. The molecule has 0 aliphatic rings. The second-order valence-electron chi connectivity index (χ2n) is 5.48. The van der Waals surface area contributed by atoms with E-state index in [2.05, 4.69) is 11.9 Å². The number of carboxylic acids is 1. The van der Waals surface area contributed by atoms with Crippen LogP contribution in [0, 0.1) is 0 Å². The summed E-state index contributed by atoms with van der Waals surface area (Å²) in [7, 11) is 0. The predicted octanol–water partition coefficient (Wildman–Crippen LogP) is 3.05. The first kappa shape index (κ1) is 18.8. The van der Waals surface area contributed by atoms with Gasteiger partial charge in [0.05, 0.1) is 0 Å². The molecule has 6 heteroatoms. The van der Waals surface area contributed by atoms with Crippen molar-refractivity contribution < 1.29 is 19.4 Å². The first-order valence-electron chi connectivity index (χ1n) is 6.62. The van der Waals surface area contributed by atoms with Crippen LogP contribution >= 0.6 is 11.8 Å². The number of nitrogens with one attached hydrogen (secondary N) is 1. The number of carbonyl (C=O) groups is 2. The Kier molecular flexibility index (Phi) is 8.37. The number of thioether (sulfide) groups is 1. The largest absolute Gasteiger partial charge is 0.480 e. The van der Waals surface area contributed by atoms with Crippen molar-refractivity contribution in [2.24, 2.45) is 0 Å². The lowest BCUT2D eigenvalue weighted by Crippen LogP contribution is -2.43. The number of carbonyl (C=O) groups excluding carboxylic acids is 1. The third kappa shape index (κ3) is 9.72. The van der Waals surface area contributed by atoms with Crippen LogP contribution < -0.4 is 5.32 Å². The molecule has 2 N–H and O–H groups in total. The highest BCUT2D eigenvalue weighted by Gasteiger charge is 2.23. The van der Waals surface area contributed by atoms with E-state index >= 15 is 0 Å². The molecule has 0 aromatic heterocycles. The molecule has 1 atom stereocenters. The predicted molar refractivity (Wildman–Crippen MR) is 82.2 cm³/mol. The minimum atomic E-state index is -1.05. The zero-order valence-electron chi connectivity index (χ0n) is 12.7. The fraction of sp³-hybridized carbons (Fsp3) is 0.714. The van der Waals surface area contributed by atoms with Gasteiger partial charge in [0.2, 0.25) is 0 Å². The zero-order valence-corrected chi connectivity index (χ0v) is 13.5. The molecular formula is C14H25NO4S. The lowest BCUT2D eigenvalue weighted by molar-refractivity contribution is -0.139. The van der Waals surface area contributed by atoms with Gasteiger partial charge in [0.15, 0.2) is 0 Å². The lowest BCUT2D eigenvalue weighted by Gasteiger charge is -2.22. The molecule has 0 saturated carbocycles. The molecule has 0 aromatic rings. The number of alkyl carbamates (subject to hydrolysis) is 1. The maximum Gasteiger partial charge on any atom is 0.408 e. The summed E-state index contributed by atoms with van der Waals surface area (Å²) in [6.07, 6.45) is 0.578. The summed E-state index contributed by atoms with van der Waals surface area (Å²) in [5.41, 5.74) is 0.489. The smallest absolute Gasteiger partial charge is 0.408 e. The van der Waals surface area contributed by atoms with Crippen LogP contribution in [0.2, 0.25) is 0 Å². The van der Waals surface area contributed by atoms with Gasteiger partial charge in [0.25, 0.3) is 0 Å². The SMILES string of the molecule is C=C(CC)CSCCC(NC(=O)OC(C)(C)C)C(=O)O. The third-order valence-electron chi connectivity index (χ3n) is 2.35. The minimum absolute atomic E-state index is 0.357. The molecule has 0 aromatic carbocycles. The molecule has 1 amide bonds. The Balaban J connectivity index is 4.15. The molecule has 0 fully saturated rings. The fourth-order valence-electron chi connectivity index (χ4n) is 1.23. The number of carboxylic acid groups (broad SMARTS) is 1. The van der Waals surface area contributed by atoms with Gasteiger partial charge in [0, 0.05) is 5.75 Å². The number of aliphatic carboxylic acids is 1. The molecule has 0 spiro atoms. The maximum atomic E-state index is 11.5. The third-order valence-corrected chi connectivity index (χ3v) is 3.48. The van der Waals surface area contributed by atoms with Gasteiger partial charge in [0.1, 0.15) is 11.6 Å². The van der Waals surface area contributed by atoms with E-state index in [0.29, 0.717) is 12.2 Å². The van der Waals surface area contributed by atoms with Crippen molar-refractivity contribution in [2.45, 2.75) is 52.2 Å². The summed E-state index contributed by atoms with van der Waals surface area (Å²) in [6.45, 7) is 11.1. The first-order valence-corrected chi connectivity index (χ1v) is 7.78. The van der Waals surface area contributed by atoms with E-state index < -0.39 is 23.7 Å². The molecule has 0 radical (unpaired) electrons. The van der Waals surface area contributed by atoms with E-state index in [-0.39, 0.29) is 0 Å². The molecule has 0 heterocycles. The highest BCUT2D eigenvalue weighted by atomic mass is 32.2. The molecule has 0 rings (SSSR count). The number of rotatable bonds is 8. The van der Waals surface area contributed by atoms with Gasteiger partial charge in [-0.25, -0.2) is 9.59 Å². The Bertz CT molecular complexity index is 350.